The first-order valence-corrected chi connectivity index (χ1v) is 3.84. The van der Waals surface area contributed by atoms with E-state index in [0.29, 0.717) is 0 Å². The molecule has 11 heavy (non-hydrogen) atoms. The Morgan fingerprint density at radius 2 is 1.55 bits per heavy atom. The second kappa shape index (κ2) is 5.93. The monoisotopic (exact) mass is 152 g/mol. The lowest BCUT2D eigenvalue weighted by atomic mass is 10.2. The van der Waals surface area contributed by atoms with Crippen LogP contribution in [0.4, 0.5) is 0 Å². The summed E-state index contributed by atoms with van der Waals surface area (Å²) in [5, 5.41) is 7.57. The average molecular weight is 152 g/mol. The third-order valence-electron chi connectivity index (χ3n) is 1.17. The van der Waals surface area contributed by atoms with Crippen molar-refractivity contribution in [2.45, 2.75) is 20.8 Å². The van der Waals surface area contributed by atoms with Crippen molar-refractivity contribution in [1.29, 1.82) is 0 Å². The summed E-state index contributed by atoms with van der Waals surface area (Å²) in [6.07, 6.45) is 0. The maximum atomic E-state index is 7.57. The standard InChI is InChI=1S/C8H10.C2H6O/c1-7-4-3-5-8(2)6-7;1-2-3/h3-6H,1-2H3;3H,2H2,1H3. The number of hydrogen-bond donors (Lipinski definition) is 1. The predicted octanol–water partition coefficient (Wildman–Crippen LogP) is 2.30. The molecular formula is C10H16O. The Labute approximate surface area is 68.7 Å². The fourth-order valence-corrected chi connectivity index (χ4v) is 0.807. The van der Waals surface area contributed by atoms with Crippen LogP contribution in [0, 0.1) is 13.8 Å². The molecule has 62 valence electrons. The topological polar surface area (TPSA) is 20.2 Å². The van der Waals surface area contributed by atoms with Crippen molar-refractivity contribution >= 4 is 0 Å². The van der Waals surface area contributed by atoms with Crippen LogP contribution in [0.25, 0.3) is 0 Å². The van der Waals surface area contributed by atoms with E-state index in [4.69, 9.17) is 5.11 Å². The summed E-state index contributed by atoms with van der Waals surface area (Å²) < 4.78 is 0. The molecule has 1 aromatic carbocycles. The lowest BCUT2D eigenvalue weighted by Gasteiger charge is -1.90. The van der Waals surface area contributed by atoms with E-state index in [-0.39, 0.29) is 6.61 Å². The lowest BCUT2D eigenvalue weighted by Crippen LogP contribution is -1.71. The highest BCUT2D eigenvalue weighted by Crippen LogP contribution is 2.00. The summed E-state index contributed by atoms with van der Waals surface area (Å²) in [5.41, 5.74) is 2.68. The van der Waals surface area contributed by atoms with Crippen LogP contribution < -0.4 is 0 Å². The fraction of sp³-hybridized carbons (Fsp3) is 0.400. The van der Waals surface area contributed by atoms with Crippen molar-refractivity contribution in [3.8, 4) is 0 Å². The minimum atomic E-state index is 0.250. The van der Waals surface area contributed by atoms with E-state index >= 15 is 0 Å². The highest BCUT2D eigenvalue weighted by Gasteiger charge is 1.80. The van der Waals surface area contributed by atoms with Crippen LogP contribution in [-0.2, 0) is 0 Å². The van der Waals surface area contributed by atoms with Gasteiger partial charge >= 0.3 is 0 Å². The molecule has 0 aliphatic carbocycles. The van der Waals surface area contributed by atoms with Crippen molar-refractivity contribution in [1.82, 2.24) is 0 Å². The molecule has 0 fully saturated rings. The average Bonchev–Trinajstić information content (AvgIpc) is 1.88. The molecule has 0 unspecified atom stereocenters. The van der Waals surface area contributed by atoms with Crippen LogP contribution in [0.15, 0.2) is 24.3 Å². The second-order valence-corrected chi connectivity index (χ2v) is 2.47. The van der Waals surface area contributed by atoms with Gasteiger partial charge in [0, 0.05) is 6.61 Å². The van der Waals surface area contributed by atoms with E-state index in [2.05, 4.69) is 38.1 Å². The van der Waals surface area contributed by atoms with Crippen LogP contribution in [0.2, 0.25) is 0 Å². The van der Waals surface area contributed by atoms with E-state index in [1.807, 2.05) is 0 Å². The summed E-state index contributed by atoms with van der Waals surface area (Å²) >= 11 is 0. The highest BCUT2D eigenvalue weighted by molar-refractivity contribution is 5.20. The van der Waals surface area contributed by atoms with Gasteiger partial charge in [0.05, 0.1) is 0 Å². The maximum Gasteiger partial charge on any atom is 0.0402 e. The first-order chi connectivity index (χ1) is 5.20. The summed E-state index contributed by atoms with van der Waals surface area (Å²) in [6, 6.07) is 8.45. The van der Waals surface area contributed by atoms with Gasteiger partial charge in [0.15, 0.2) is 0 Å². The molecule has 0 atom stereocenters. The number of benzene rings is 1. The third-order valence-corrected chi connectivity index (χ3v) is 1.17. The zero-order chi connectivity index (χ0) is 8.69. The minimum Gasteiger partial charge on any atom is -0.397 e. The fourth-order valence-electron chi connectivity index (χ4n) is 0.807. The summed E-state index contributed by atoms with van der Waals surface area (Å²) in [4.78, 5) is 0. The van der Waals surface area contributed by atoms with Crippen LogP contribution >= 0.6 is 0 Å². The van der Waals surface area contributed by atoms with Crippen LogP contribution in [0.1, 0.15) is 18.1 Å². The number of aliphatic hydroxyl groups excluding tert-OH is 1. The summed E-state index contributed by atoms with van der Waals surface area (Å²) in [5.74, 6) is 0. The molecule has 0 radical (unpaired) electrons. The first kappa shape index (κ1) is 10.2. The quantitative estimate of drug-likeness (QED) is 0.604. The second-order valence-electron chi connectivity index (χ2n) is 2.47. The van der Waals surface area contributed by atoms with E-state index in [1.165, 1.54) is 11.1 Å². The normalized spacial score (nSPS) is 8.36. The van der Waals surface area contributed by atoms with Gasteiger partial charge < -0.3 is 5.11 Å². The number of aliphatic hydroxyl groups is 1. The van der Waals surface area contributed by atoms with Crippen LogP contribution in [0.5, 0.6) is 0 Å². The highest BCUT2D eigenvalue weighted by atomic mass is 16.2. The van der Waals surface area contributed by atoms with Crippen LogP contribution in [-0.4, -0.2) is 11.7 Å². The van der Waals surface area contributed by atoms with Crippen molar-refractivity contribution in [2.75, 3.05) is 6.61 Å². The zero-order valence-corrected chi connectivity index (χ0v) is 7.46. The molecule has 0 aromatic heterocycles. The van der Waals surface area contributed by atoms with Gasteiger partial charge in [-0.3, -0.25) is 0 Å². The smallest absolute Gasteiger partial charge is 0.0402 e. The molecule has 0 bridgehead atoms. The molecule has 0 spiro atoms. The predicted molar refractivity (Wildman–Crippen MR) is 48.7 cm³/mol. The summed E-state index contributed by atoms with van der Waals surface area (Å²) in [7, 11) is 0. The molecule has 0 aliphatic rings. The molecule has 0 saturated heterocycles. The van der Waals surface area contributed by atoms with Gasteiger partial charge in [-0.25, -0.2) is 0 Å². The van der Waals surface area contributed by atoms with Gasteiger partial charge in [-0.2, -0.15) is 0 Å². The Bertz CT molecular complexity index is 177. The van der Waals surface area contributed by atoms with Gasteiger partial charge in [-0.05, 0) is 20.8 Å². The van der Waals surface area contributed by atoms with Gasteiger partial charge in [-0.1, -0.05) is 35.4 Å². The molecule has 1 nitrogen and oxygen atoms in total. The zero-order valence-electron chi connectivity index (χ0n) is 7.46. The van der Waals surface area contributed by atoms with Crippen molar-refractivity contribution in [3.63, 3.8) is 0 Å². The van der Waals surface area contributed by atoms with Crippen molar-refractivity contribution in [3.05, 3.63) is 35.4 Å². The van der Waals surface area contributed by atoms with E-state index in [0.717, 1.165) is 0 Å². The number of rotatable bonds is 0. The molecule has 0 heterocycles. The number of aryl methyl sites for hydroxylation is 2. The minimum absolute atomic E-state index is 0.250. The van der Waals surface area contributed by atoms with Gasteiger partial charge in [0.1, 0.15) is 0 Å². The Balaban J connectivity index is 0.000000292. The lowest BCUT2D eigenvalue weighted by molar-refractivity contribution is 0.318. The largest absolute Gasteiger partial charge is 0.397 e. The van der Waals surface area contributed by atoms with E-state index in [1.54, 1.807) is 6.92 Å². The molecule has 0 amide bonds. The molecule has 1 heteroatoms. The van der Waals surface area contributed by atoms with Crippen molar-refractivity contribution < 1.29 is 5.11 Å². The SMILES string of the molecule is CCO.Cc1cccc(C)c1. The Morgan fingerprint density at radius 1 is 1.18 bits per heavy atom. The van der Waals surface area contributed by atoms with Gasteiger partial charge in [0.25, 0.3) is 0 Å². The van der Waals surface area contributed by atoms with Gasteiger partial charge in [-0.15, -0.1) is 0 Å². The third kappa shape index (κ3) is 5.62. The van der Waals surface area contributed by atoms with Crippen LogP contribution in [0.3, 0.4) is 0 Å². The number of hydrogen-bond acceptors (Lipinski definition) is 1. The molecule has 0 saturated carbocycles. The molecule has 1 aromatic rings. The first-order valence-electron chi connectivity index (χ1n) is 3.84. The Hall–Kier alpha value is -0.820. The molecule has 1 N–H and O–H groups in total. The van der Waals surface area contributed by atoms with Crippen molar-refractivity contribution in [2.24, 2.45) is 0 Å². The molecule has 1 rings (SSSR count). The Kier molecular flexibility index (Phi) is 5.49. The molecular weight excluding hydrogens is 136 g/mol. The van der Waals surface area contributed by atoms with Gasteiger partial charge in [0.2, 0.25) is 0 Å². The summed E-state index contributed by atoms with van der Waals surface area (Å²) in [6.45, 7) is 6.14. The van der Waals surface area contributed by atoms with E-state index < -0.39 is 0 Å². The maximum absolute atomic E-state index is 7.57. The van der Waals surface area contributed by atoms with E-state index in [9.17, 15) is 0 Å². The Morgan fingerprint density at radius 3 is 1.73 bits per heavy atom. The molecule has 0 aliphatic heterocycles.